The van der Waals surface area contributed by atoms with E-state index in [1.807, 2.05) is 49.8 Å². The van der Waals surface area contributed by atoms with E-state index in [9.17, 15) is 4.79 Å². The summed E-state index contributed by atoms with van der Waals surface area (Å²) in [5.41, 5.74) is 2.28. The molecule has 0 aliphatic rings. The number of amides is 1. The Balaban J connectivity index is 1.58. The summed E-state index contributed by atoms with van der Waals surface area (Å²) in [5.74, 6) is 0.0139. The summed E-state index contributed by atoms with van der Waals surface area (Å²) in [4.78, 5) is 11.6. The lowest BCUT2D eigenvalue weighted by atomic mass is 10.2. The highest BCUT2D eigenvalue weighted by molar-refractivity contribution is 5.77. The molecule has 2 aromatic rings. The Labute approximate surface area is 119 Å². The second-order valence-electron chi connectivity index (χ2n) is 4.71. The van der Waals surface area contributed by atoms with Gasteiger partial charge in [-0.2, -0.15) is 5.10 Å². The fourth-order valence-corrected chi connectivity index (χ4v) is 1.89. The topological polar surface area (TPSA) is 59.0 Å². The van der Waals surface area contributed by atoms with E-state index in [-0.39, 0.29) is 5.91 Å². The summed E-state index contributed by atoms with van der Waals surface area (Å²) in [6.45, 7) is 1.68. The van der Waals surface area contributed by atoms with Gasteiger partial charge >= 0.3 is 0 Å². The first-order valence-electron chi connectivity index (χ1n) is 6.73. The van der Waals surface area contributed by atoms with E-state index in [2.05, 4.69) is 15.7 Å². The number of benzene rings is 1. The zero-order chi connectivity index (χ0) is 14.2. The molecular weight excluding hydrogens is 252 g/mol. The smallest absolute Gasteiger partial charge is 0.234 e. The lowest BCUT2D eigenvalue weighted by molar-refractivity contribution is -0.120. The van der Waals surface area contributed by atoms with Gasteiger partial charge in [0.05, 0.1) is 12.7 Å². The number of rotatable bonds is 7. The van der Waals surface area contributed by atoms with Crippen molar-refractivity contribution in [3.63, 3.8) is 0 Å². The predicted octanol–water partition coefficient (Wildman–Crippen LogP) is 0.869. The minimum absolute atomic E-state index is 0.0139. The normalized spacial score (nSPS) is 10.4. The zero-order valence-electron chi connectivity index (χ0n) is 11.7. The van der Waals surface area contributed by atoms with Gasteiger partial charge in [-0.1, -0.05) is 30.3 Å². The maximum Gasteiger partial charge on any atom is 0.234 e. The van der Waals surface area contributed by atoms with Crippen molar-refractivity contribution in [2.45, 2.75) is 13.0 Å². The Morgan fingerprint density at radius 3 is 2.75 bits per heavy atom. The average molecular weight is 272 g/mol. The van der Waals surface area contributed by atoms with Crippen molar-refractivity contribution in [1.29, 1.82) is 0 Å². The van der Waals surface area contributed by atoms with E-state index >= 15 is 0 Å². The molecule has 1 aromatic heterocycles. The van der Waals surface area contributed by atoms with Crippen LogP contribution in [-0.4, -0.2) is 28.8 Å². The van der Waals surface area contributed by atoms with Crippen LogP contribution >= 0.6 is 0 Å². The van der Waals surface area contributed by atoms with Crippen LogP contribution in [0.2, 0.25) is 0 Å². The first kappa shape index (κ1) is 14.3. The van der Waals surface area contributed by atoms with Crippen molar-refractivity contribution in [3.8, 4) is 0 Å². The van der Waals surface area contributed by atoms with Crippen molar-refractivity contribution < 1.29 is 4.79 Å². The van der Waals surface area contributed by atoms with Crippen LogP contribution in [0.3, 0.4) is 0 Å². The quantitative estimate of drug-likeness (QED) is 0.735. The number of hydrogen-bond donors (Lipinski definition) is 2. The number of carbonyl (C=O) groups excluding carboxylic acids is 1. The van der Waals surface area contributed by atoms with Crippen LogP contribution in [0.1, 0.15) is 11.1 Å². The molecule has 1 amide bonds. The molecule has 0 saturated carbocycles. The van der Waals surface area contributed by atoms with Crippen LogP contribution < -0.4 is 10.6 Å². The molecule has 5 nitrogen and oxygen atoms in total. The van der Waals surface area contributed by atoms with Gasteiger partial charge in [-0.3, -0.25) is 9.48 Å². The summed E-state index contributed by atoms with van der Waals surface area (Å²) in [7, 11) is 1.90. The van der Waals surface area contributed by atoms with Gasteiger partial charge in [0, 0.05) is 19.8 Å². The van der Waals surface area contributed by atoms with Crippen LogP contribution in [0.5, 0.6) is 0 Å². The first-order chi connectivity index (χ1) is 9.74. The summed E-state index contributed by atoms with van der Waals surface area (Å²) in [6.07, 6.45) is 4.70. The number of aromatic nitrogens is 2. The minimum atomic E-state index is 0.0139. The molecule has 0 fully saturated rings. The van der Waals surface area contributed by atoms with E-state index in [1.54, 1.807) is 4.68 Å². The summed E-state index contributed by atoms with van der Waals surface area (Å²) < 4.78 is 1.78. The Hall–Kier alpha value is -2.14. The molecule has 0 aliphatic heterocycles. The maximum absolute atomic E-state index is 11.6. The Morgan fingerprint density at radius 1 is 1.25 bits per heavy atom. The predicted molar refractivity (Wildman–Crippen MR) is 78.1 cm³/mol. The lowest BCUT2D eigenvalue weighted by Crippen LogP contribution is -2.34. The average Bonchev–Trinajstić information content (AvgIpc) is 2.88. The molecule has 0 bridgehead atoms. The summed E-state index contributed by atoms with van der Waals surface area (Å²) >= 11 is 0. The molecule has 1 heterocycles. The highest BCUT2D eigenvalue weighted by Crippen LogP contribution is 1.97. The van der Waals surface area contributed by atoms with E-state index in [0.717, 1.165) is 18.5 Å². The van der Waals surface area contributed by atoms with Gasteiger partial charge < -0.3 is 10.6 Å². The molecule has 0 atom stereocenters. The highest BCUT2D eigenvalue weighted by atomic mass is 16.1. The Morgan fingerprint density at radius 2 is 2.05 bits per heavy atom. The van der Waals surface area contributed by atoms with Crippen molar-refractivity contribution in [2.75, 3.05) is 13.1 Å². The highest BCUT2D eigenvalue weighted by Gasteiger charge is 2.01. The third-order valence-corrected chi connectivity index (χ3v) is 2.97. The van der Waals surface area contributed by atoms with Crippen molar-refractivity contribution >= 4 is 5.91 Å². The second-order valence-corrected chi connectivity index (χ2v) is 4.71. The summed E-state index contributed by atoms with van der Waals surface area (Å²) in [6, 6.07) is 9.89. The van der Waals surface area contributed by atoms with E-state index < -0.39 is 0 Å². The molecule has 1 aromatic carbocycles. The molecular formula is C15H20N4O. The molecule has 5 heteroatoms. The van der Waals surface area contributed by atoms with Crippen LogP contribution in [0.15, 0.2) is 42.7 Å². The van der Waals surface area contributed by atoms with Crippen molar-refractivity contribution in [3.05, 3.63) is 53.9 Å². The monoisotopic (exact) mass is 272 g/mol. The molecule has 0 spiro atoms. The Kier molecular flexibility index (Phi) is 5.32. The van der Waals surface area contributed by atoms with Gasteiger partial charge in [0.15, 0.2) is 0 Å². The number of hydrogen-bond acceptors (Lipinski definition) is 3. The molecule has 0 radical (unpaired) electrons. The SMILES string of the molecule is Cn1cc(CCNCC(=O)NCc2ccccc2)cn1. The fraction of sp³-hybridized carbons (Fsp3) is 0.333. The largest absolute Gasteiger partial charge is 0.351 e. The van der Waals surface area contributed by atoms with Crippen molar-refractivity contribution in [2.24, 2.45) is 7.05 Å². The lowest BCUT2D eigenvalue weighted by Gasteiger charge is -2.06. The van der Waals surface area contributed by atoms with Gasteiger partial charge in [-0.25, -0.2) is 0 Å². The Bertz CT molecular complexity index is 536. The van der Waals surface area contributed by atoms with Crippen LogP contribution in [0, 0.1) is 0 Å². The number of carbonyl (C=O) groups is 1. The van der Waals surface area contributed by atoms with Crippen LogP contribution in [-0.2, 0) is 24.8 Å². The van der Waals surface area contributed by atoms with Gasteiger partial charge in [0.1, 0.15) is 0 Å². The standard InChI is InChI=1S/C15H20N4O/c1-19-12-14(10-18-19)7-8-16-11-15(20)17-9-13-5-3-2-4-6-13/h2-6,10,12,16H,7-9,11H2,1H3,(H,17,20). The third kappa shape index (κ3) is 4.85. The van der Waals surface area contributed by atoms with E-state index in [1.165, 1.54) is 5.56 Å². The molecule has 0 unspecified atom stereocenters. The maximum atomic E-state index is 11.6. The number of nitrogens with zero attached hydrogens (tertiary/aromatic N) is 2. The second kappa shape index (κ2) is 7.45. The van der Waals surface area contributed by atoms with Crippen LogP contribution in [0.4, 0.5) is 0 Å². The minimum Gasteiger partial charge on any atom is -0.351 e. The van der Waals surface area contributed by atoms with Gasteiger partial charge in [-0.15, -0.1) is 0 Å². The van der Waals surface area contributed by atoms with Gasteiger partial charge in [-0.05, 0) is 24.1 Å². The third-order valence-electron chi connectivity index (χ3n) is 2.97. The molecule has 0 saturated heterocycles. The first-order valence-corrected chi connectivity index (χ1v) is 6.73. The molecule has 0 aliphatic carbocycles. The van der Waals surface area contributed by atoms with E-state index in [0.29, 0.717) is 13.1 Å². The number of aryl methyl sites for hydroxylation is 1. The fourth-order valence-electron chi connectivity index (χ4n) is 1.89. The molecule has 2 N–H and O–H groups in total. The van der Waals surface area contributed by atoms with E-state index in [4.69, 9.17) is 0 Å². The number of nitrogens with one attached hydrogen (secondary N) is 2. The van der Waals surface area contributed by atoms with Crippen molar-refractivity contribution in [1.82, 2.24) is 20.4 Å². The van der Waals surface area contributed by atoms with Gasteiger partial charge in [0.2, 0.25) is 5.91 Å². The van der Waals surface area contributed by atoms with Gasteiger partial charge in [0.25, 0.3) is 0 Å². The molecule has 20 heavy (non-hydrogen) atoms. The molecule has 2 rings (SSSR count). The zero-order valence-corrected chi connectivity index (χ0v) is 11.7. The molecule has 106 valence electrons. The van der Waals surface area contributed by atoms with Crippen LogP contribution in [0.25, 0.3) is 0 Å². The summed E-state index contributed by atoms with van der Waals surface area (Å²) in [5, 5.41) is 10.1.